The average Bonchev–Trinajstić information content (AvgIpc) is 2.61. The van der Waals surface area contributed by atoms with Gasteiger partial charge in [-0.25, -0.2) is 0 Å². The van der Waals surface area contributed by atoms with Crippen LogP contribution in [0.25, 0.3) is 0 Å². The molecule has 0 unspecified atom stereocenters. The van der Waals surface area contributed by atoms with Crippen LogP contribution in [0.2, 0.25) is 5.02 Å². The van der Waals surface area contributed by atoms with Gasteiger partial charge in [-0.2, -0.15) is 0 Å². The van der Waals surface area contributed by atoms with E-state index in [9.17, 15) is 9.59 Å². The van der Waals surface area contributed by atoms with Crippen molar-refractivity contribution in [1.29, 1.82) is 0 Å². The second-order valence-electron chi connectivity index (χ2n) is 5.92. The van der Waals surface area contributed by atoms with Crippen LogP contribution >= 0.6 is 11.6 Å². The van der Waals surface area contributed by atoms with Crippen molar-refractivity contribution in [3.05, 3.63) is 70.7 Å². The molecule has 5 heteroatoms. The monoisotopic (exact) mass is 342 g/mol. The van der Waals surface area contributed by atoms with Crippen LogP contribution in [0.15, 0.2) is 54.6 Å². The van der Waals surface area contributed by atoms with Gasteiger partial charge in [0.05, 0.1) is 6.04 Å². The van der Waals surface area contributed by atoms with Gasteiger partial charge in [-0.05, 0) is 36.1 Å². The lowest BCUT2D eigenvalue weighted by Crippen LogP contribution is -2.49. The standard InChI is InChI=1S/C19H19ClN2O2/c20-15-11-9-14(10-12-15)18(13-5-2-1-3-6-13)22-19(24)16-7-4-8-17(23)21-16/h1-3,5-6,9-12,16,18H,4,7-8H2,(H,21,23)(H,22,24)/t16-,18-/m1/s1. The Morgan fingerprint density at radius 1 is 1.08 bits per heavy atom. The van der Waals surface area contributed by atoms with E-state index in [2.05, 4.69) is 10.6 Å². The van der Waals surface area contributed by atoms with Gasteiger partial charge in [0.1, 0.15) is 6.04 Å². The first kappa shape index (κ1) is 16.5. The van der Waals surface area contributed by atoms with E-state index in [-0.39, 0.29) is 17.9 Å². The van der Waals surface area contributed by atoms with Crippen molar-refractivity contribution in [3.8, 4) is 0 Å². The molecule has 0 bridgehead atoms. The Morgan fingerprint density at radius 2 is 1.75 bits per heavy atom. The van der Waals surface area contributed by atoms with Gasteiger partial charge in [0.25, 0.3) is 0 Å². The first-order valence-corrected chi connectivity index (χ1v) is 8.41. The SMILES string of the molecule is O=C1CCC[C@H](C(=O)N[C@H](c2ccccc2)c2ccc(Cl)cc2)N1. The van der Waals surface area contributed by atoms with Gasteiger partial charge in [-0.3, -0.25) is 9.59 Å². The summed E-state index contributed by atoms with van der Waals surface area (Å²) in [5.41, 5.74) is 1.93. The molecule has 1 aliphatic rings. The fourth-order valence-corrected chi connectivity index (χ4v) is 3.03. The van der Waals surface area contributed by atoms with E-state index in [0.717, 1.165) is 17.5 Å². The van der Waals surface area contributed by atoms with Gasteiger partial charge in [-0.1, -0.05) is 54.1 Å². The van der Waals surface area contributed by atoms with Gasteiger partial charge < -0.3 is 10.6 Å². The molecular weight excluding hydrogens is 324 g/mol. The Balaban J connectivity index is 1.83. The van der Waals surface area contributed by atoms with Crippen LogP contribution < -0.4 is 10.6 Å². The minimum Gasteiger partial charge on any atom is -0.344 e. The molecule has 124 valence electrons. The number of hydrogen-bond acceptors (Lipinski definition) is 2. The van der Waals surface area contributed by atoms with Gasteiger partial charge in [0.2, 0.25) is 11.8 Å². The van der Waals surface area contributed by atoms with E-state index in [4.69, 9.17) is 11.6 Å². The normalized spacial score (nSPS) is 18.5. The van der Waals surface area contributed by atoms with Crippen LogP contribution in [0, 0.1) is 0 Å². The highest BCUT2D eigenvalue weighted by molar-refractivity contribution is 6.30. The van der Waals surface area contributed by atoms with Gasteiger partial charge >= 0.3 is 0 Å². The van der Waals surface area contributed by atoms with E-state index in [1.54, 1.807) is 12.1 Å². The number of rotatable bonds is 4. The second kappa shape index (κ2) is 7.49. The highest BCUT2D eigenvalue weighted by Crippen LogP contribution is 2.24. The van der Waals surface area contributed by atoms with Crippen molar-refractivity contribution < 1.29 is 9.59 Å². The molecule has 2 atom stereocenters. The molecular formula is C19H19ClN2O2. The predicted molar refractivity (Wildman–Crippen MR) is 93.7 cm³/mol. The maximum Gasteiger partial charge on any atom is 0.243 e. The smallest absolute Gasteiger partial charge is 0.243 e. The van der Waals surface area contributed by atoms with Gasteiger partial charge in [-0.15, -0.1) is 0 Å². The highest BCUT2D eigenvalue weighted by Gasteiger charge is 2.27. The van der Waals surface area contributed by atoms with Crippen LogP contribution in [-0.2, 0) is 9.59 Å². The van der Waals surface area contributed by atoms with Crippen molar-refractivity contribution in [1.82, 2.24) is 10.6 Å². The zero-order valence-electron chi connectivity index (χ0n) is 13.2. The van der Waals surface area contributed by atoms with Crippen molar-refractivity contribution in [2.24, 2.45) is 0 Å². The first-order valence-electron chi connectivity index (χ1n) is 8.03. The molecule has 0 aromatic heterocycles. The molecule has 24 heavy (non-hydrogen) atoms. The van der Waals surface area contributed by atoms with Crippen LogP contribution in [-0.4, -0.2) is 17.9 Å². The third-order valence-electron chi connectivity index (χ3n) is 4.17. The maximum absolute atomic E-state index is 12.6. The minimum atomic E-state index is -0.468. The van der Waals surface area contributed by atoms with E-state index in [0.29, 0.717) is 17.9 Å². The van der Waals surface area contributed by atoms with Crippen LogP contribution in [0.3, 0.4) is 0 Å². The summed E-state index contributed by atoms with van der Waals surface area (Å²) < 4.78 is 0. The summed E-state index contributed by atoms with van der Waals surface area (Å²) in [5, 5.41) is 6.47. The number of amides is 2. The fraction of sp³-hybridized carbons (Fsp3) is 0.263. The number of nitrogens with one attached hydrogen (secondary N) is 2. The zero-order chi connectivity index (χ0) is 16.9. The molecule has 0 spiro atoms. The molecule has 2 aromatic carbocycles. The summed E-state index contributed by atoms with van der Waals surface area (Å²) >= 11 is 5.97. The third kappa shape index (κ3) is 3.95. The molecule has 2 aromatic rings. The van der Waals surface area contributed by atoms with Crippen molar-refractivity contribution in [2.45, 2.75) is 31.3 Å². The van der Waals surface area contributed by atoms with Crippen LogP contribution in [0.5, 0.6) is 0 Å². The summed E-state index contributed by atoms with van der Waals surface area (Å²) in [5.74, 6) is -0.226. The second-order valence-corrected chi connectivity index (χ2v) is 6.35. The quantitative estimate of drug-likeness (QED) is 0.896. The Morgan fingerprint density at radius 3 is 2.42 bits per heavy atom. The van der Waals surface area contributed by atoms with Crippen molar-refractivity contribution in [3.63, 3.8) is 0 Å². The number of carbonyl (C=O) groups excluding carboxylic acids is 2. The lowest BCUT2D eigenvalue weighted by Gasteiger charge is -2.26. The maximum atomic E-state index is 12.6. The summed E-state index contributed by atoms with van der Waals surface area (Å²) in [6, 6.07) is 16.4. The summed E-state index contributed by atoms with van der Waals surface area (Å²) in [6.07, 6.45) is 1.89. The number of hydrogen-bond donors (Lipinski definition) is 2. The molecule has 3 rings (SSSR count). The molecule has 0 aliphatic carbocycles. The first-order chi connectivity index (χ1) is 11.6. The lowest BCUT2D eigenvalue weighted by atomic mass is 9.97. The zero-order valence-corrected chi connectivity index (χ0v) is 13.9. The highest BCUT2D eigenvalue weighted by atomic mass is 35.5. The summed E-state index contributed by atoms with van der Waals surface area (Å²) in [6.45, 7) is 0. The number of piperidine rings is 1. The molecule has 1 heterocycles. The molecule has 2 amide bonds. The molecule has 0 radical (unpaired) electrons. The molecule has 0 saturated carbocycles. The summed E-state index contributed by atoms with van der Waals surface area (Å²) in [7, 11) is 0. The van der Waals surface area contributed by atoms with Crippen molar-refractivity contribution in [2.75, 3.05) is 0 Å². The topological polar surface area (TPSA) is 58.2 Å². The molecule has 1 saturated heterocycles. The van der Waals surface area contributed by atoms with E-state index in [1.165, 1.54) is 0 Å². The number of benzene rings is 2. The average molecular weight is 343 g/mol. The third-order valence-corrected chi connectivity index (χ3v) is 4.42. The summed E-state index contributed by atoms with van der Waals surface area (Å²) in [4.78, 5) is 24.2. The van der Waals surface area contributed by atoms with Crippen molar-refractivity contribution >= 4 is 23.4 Å². The van der Waals surface area contributed by atoms with Crippen LogP contribution in [0.1, 0.15) is 36.4 Å². The predicted octanol–water partition coefficient (Wildman–Crippen LogP) is 3.21. The van der Waals surface area contributed by atoms with Crippen LogP contribution in [0.4, 0.5) is 0 Å². The fourth-order valence-electron chi connectivity index (χ4n) is 2.90. The molecule has 1 aliphatic heterocycles. The lowest BCUT2D eigenvalue weighted by molar-refractivity contribution is -0.131. The Bertz CT molecular complexity index is 716. The van der Waals surface area contributed by atoms with E-state index in [1.807, 2.05) is 42.5 Å². The Hall–Kier alpha value is -2.33. The number of halogens is 1. The Labute approximate surface area is 146 Å². The van der Waals surface area contributed by atoms with E-state index >= 15 is 0 Å². The van der Waals surface area contributed by atoms with Gasteiger partial charge in [0, 0.05) is 11.4 Å². The van der Waals surface area contributed by atoms with E-state index < -0.39 is 6.04 Å². The molecule has 2 N–H and O–H groups in total. The van der Waals surface area contributed by atoms with Gasteiger partial charge in [0.15, 0.2) is 0 Å². The minimum absolute atomic E-state index is 0.0656. The molecule has 1 fully saturated rings. The molecule has 4 nitrogen and oxygen atoms in total. The Kier molecular flexibility index (Phi) is 5.16. The largest absolute Gasteiger partial charge is 0.344 e. The number of carbonyl (C=O) groups is 2.